The number of carboxylic acid groups (broad SMARTS) is 1. The van der Waals surface area contributed by atoms with E-state index in [4.69, 9.17) is 14.6 Å². The summed E-state index contributed by atoms with van der Waals surface area (Å²) in [6.07, 6.45) is 1.65. The molecule has 8 heteroatoms. The summed E-state index contributed by atoms with van der Waals surface area (Å²) in [6.45, 7) is 0.755. The topological polar surface area (TPSA) is 93.1 Å². The first-order valence-corrected chi connectivity index (χ1v) is 8.43. The highest BCUT2D eigenvalue weighted by Gasteiger charge is 2.54. The molecule has 0 atom stereocenters. The maximum atomic E-state index is 12.8. The monoisotopic (exact) mass is 327 g/mol. The van der Waals surface area contributed by atoms with Gasteiger partial charge in [0.15, 0.2) is 6.61 Å². The first-order chi connectivity index (χ1) is 10.4. The molecule has 3 rings (SSSR count). The van der Waals surface area contributed by atoms with Crippen LogP contribution >= 0.6 is 0 Å². The zero-order valence-electron chi connectivity index (χ0n) is 11.9. The van der Waals surface area contributed by atoms with Gasteiger partial charge in [0.25, 0.3) is 0 Å². The Hall–Kier alpha value is -1.64. The minimum atomic E-state index is -3.57. The summed E-state index contributed by atoms with van der Waals surface area (Å²) in [5.41, 5.74) is -0.366. The third kappa shape index (κ3) is 2.81. The second-order valence-corrected chi connectivity index (χ2v) is 7.37. The van der Waals surface area contributed by atoms with E-state index >= 15 is 0 Å². The molecule has 0 unspecified atom stereocenters. The number of carbonyl (C=O) groups is 1. The molecule has 1 saturated heterocycles. The van der Waals surface area contributed by atoms with Crippen LogP contribution in [-0.4, -0.2) is 55.7 Å². The molecule has 1 saturated carbocycles. The van der Waals surface area contributed by atoms with Gasteiger partial charge in [0.05, 0.1) is 23.6 Å². The zero-order valence-corrected chi connectivity index (χ0v) is 12.7. The van der Waals surface area contributed by atoms with Crippen molar-refractivity contribution < 1.29 is 27.8 Å². The van der Waals surface area contributed by atoms with Crippen molar-refractivity contribution in [1.29, 1.82) is 0 Å². The first kappa shape index (κ1) is 15.3. The van der Waals surface area contributed by atoms with Crippen molar-refractivity contribution in [2.45, 2.75) is 23.3 Å². The molecule has 1 aliphatic carbocycles. The summed E-state index contributed by atoms with van der Waals surface area (Å²) in [5, 5.41) is 8.55. The Morgan fingerprint density at radius 3 is 2.59 bits per heavy atom. The smallest absolute Gasteiger partial charge is 0.341 e. The van der Waals surface area contributed by atoms with Gasteiger partial charge in [0, 0.05) is 6.54 Å². The molecule has 2 aliphatic rings. The van der Waals surface area contributed by atoms with Gasteiger partial charge >= 0.3 is 5.97 Å². The van der Waals surface area contributed by atoms with Crippen LogP contribution in [0.3, 0.4) is 0 Å². The average Bonchev–Trinajstić information content (AvgIpc) is 3.25. The second-order valence-electron chi connectivity index (χ2n) is 5.51. The van der Waals surface area contributed by atoms with Crippen LogP contribution in [0.1, 0.15) is 12.8 Å². The van der Waals surface area contributed by atoms with Crippen LogP contribution in [0.15, 0.2) is 29.2 Å². The van der Waals surface area contributed by atoms with Crippen molar-refractivity contribution in [2.75, 3.05) is 26.4 Å². The van der Waals surface area contributed by atoms with Gasteiger partial charge in [-0.1, -0.05) is 0 Å². The molecule has 0 amide bonds. The molecule has 1 aliphatic heterocycles. The molecule has 2 fully saturated rings. The van der Waals surface area contributed by atoms with Gasteiger partial charge in [-0.15, -0.1) is 0 Å². The van der Waals surface area contributed by atoms with E-state index in [1.165, 1.54) is 28.6 Å². The highest BCUT2D eigenvalue weighted by atomic mass is 32.2. The van der Waals surface area contributed by atoms with Crippen molar-refractivity contribution >= 4 is 16.0 Å². The largest absolute Gasteiger partial charge is 0.482 e. The van der Waals surface area contributed by atoms with Crippen LogP contribution < -0.4 is 4.74 Å². The van der Waals surface area contributed by atoms with Gasteiger partial charge in [-0.05, 0) is 37.1 Å². The van der Waals surface area contributed by atoms with E-state index in [-0.39, 0.29) is 10.4 Å². The summed E-state index contributed by atoms with van der Waals surface area (Å²) in [6, 6.07) is 5.82. The third-order valence-corrected chi connectivity index (χ3v) is 5.96. The van der Waals surface area contributed by atoms with Gasteiger partial charge in [-0.25, -0.2) is 13.2 Å². The Morgan fingerprint density at radius 1 is 1.32 bits per heavy atom. The number of morpholine rings is 1. The molecule has 1 heterocycles. The minimum absolute atomic E-state index is 0.184. The van der Waals surface area contributed by atoms with Crippen molar-refractivity contribution in [3.05, 3.63) is 24.3 Å². The van der Waals surface area contributed by atoms with Crippen LogP contribution in [0.5, 0.6) is 5.75 Å². The average molecular weight is 327 g/mol. The highest BCUT2D eigenvalue weighted by Crippen LogP contribution is 2.46. The molecule has 1 spiro atoms. The fraction of sp³-hybridized carbons (Fsp3) is 0.500. The van der Waals surface area contributed by atoms with Crippen LogP contribution in [0.2, 0.25) is 0 Å². The number of ether oxygens (including phenoxy) is 2. The fourth-order valence-corrected chi connectivity index (χ4v) is 4.41. The quantitative estimate of drug-likeness (QED) is 0.856. The molecule has 120 valence electrons. The summed E-state index contributed by atoms with van der Waals surface area (Å²) in [5.74, 6) is -0.759. The number of hydrogen-bond acceptors (Lipinski definition) is 5. The Morgan fingerprint density at radius 2 is 2.00 bits per heavy atom. The van der Waals surface area contributed by atoms with E-state index in [0.29, 0.717) is 25.5 Å². The van der Waals surface area contributed by atoms with Crippen molar-refractivity contribution in [2.24, 2.45) is 0 Å². The Bertz CT molecular complexity index is 665. The Kier molecular flexibility index (Phi) is 3.84. The minimum Gasteiger partial charge on any atom is -0.482 e. The Balaban J connectivity index is 1.79. The van der Waals surface area contributed by atoms with Crippen LogP contribution in [0.25, 0.3) is 0 Å². The lowest BCUT2D eigenvalue weighted by molar-refractivity contribution is -0.139. The molecular weight excluding hydrogens is 310 g/mol. The van der Waals surface area contributed by atoms with Gasteiger partial charge < -0.3 is 14.6 Å². The number of hydrogen-bond donors (Lipinski definition) is 1. The maximum Gasteiger partial charge on any atom is 0.341 e. The number of nitrogens with zero attached hydrogens (tertiary/aromatic N) is 1. The molecule has 0 radical (unpaired) electrons. The Labute approximate surface area is 128 Å². The number of rotatable bonds is 5. The van der Waals surface area contributed by atoms with Crippen molar-refractivity contribution in [3.63, 3.8) is 0 Å². The van der Waals surface area contributed by atoms with Crippen LogP contribution in [0.4, 0.5) is 0 Å². The zero-order chi connectivity index (χ0) is 15.8. The first-order valence-electron chi connectivity index (χ1n) is 6.99. The lowest BCUT2D eigenvalue weighted by atomic mass is 10.2. The summed E-state index contributed by atoms with van der Waals surface area (Å²) in [7, 11) is -3.57. The molecule has 1 aromatic carbocycles. The van der Waals surface area contributed by atoms with Gasteiger partial charge in [0.2, 0.25) is 10.0 Å². The van der Waals surface area contributed by atoms with E-state index in [1.807, 2.05) is 0 Å². The number of aliphatic carboxylic acids is 1. The van der Waals surface area contributed by atoms with E-state index in [2.05, 4.69) is 0 Å². The highest BCUT2D eigenvalue weighted by molar-refractivity contribution is 7.89. The lowest BCUT2D eigenvalue weighted by Gasteiger charge is -2.34. The van der Waals surface area contributed by atoms with Gasteiger partial charge in [-0.3, -0.25) is 0 Å². The molecule has 7 nitrogen and oxygen atoms in total. The predicted octanol–water partition coefficient (Wildman–Crippen LogP) is 0.704. The van der Waals surface area contributed by atoms with E-state index in [0.717, 1.165) is 12.8 Å². The van der Waals surface area contributed by atoms with Gasteiger partial charge in [0.1, 0.15) is 5.75 Å². The maximum absolute atomic E-state index is 12.8. The standard InChI is InChI=1S/C14H17NO6S/c16-13(17)9-21-11-1-3-12(4-2-11)22(18,19)15-7-8-20-10-14(15)5-6-14/h1-4H,5-10H2,(H,16,17). The number of benzene rings is 1. The van der Waals surface area contributed by atoms with Crippen LogP contribution in [-0.2, 0) is 19.6 Å². The molecule has 0 bridgehead atoms. The predicted molar refractivity (Wildman–Crippen MR) is 76.2 cm³/mol. The summed E-state index contributed by atoms with van der Waals surface area (Å²) in [4.78, 5) is 10.6. The van der Waals surface area contributed by atoms with Crippen molar-refractivity contribution in [3.8, 4) is 5.75 Å². The molecule has 22 heavy (non-hydrogen) atoms. The fourth-order valence-electron chi connectivity index (χ4n) is 2.61. The van der Waals surface area contributed by atoms with E-state index < -0.39 is 22.6 Å². The SMILES string of the molecule is O=C(O)COc1ccc(S(=O)(=O)N2CCOCC23CC3)cc1. The van der Waals surface area contributed by atoms with Crippen molar-refractivity contribution in [1.82, 2.24) is 4.31 Å². The van der Waals surface area contributed by atoms with Gasteiger partial charge in [-0.2, -0.15) is 4.31 Å². The normalized spacial score (nSPS) is 20.7. The molecule has 0 aromatic heterocycles. The summed E-state index contributed by atoms with van der Waals surface area (Å²) >= 11 is 0. The third-order valence-electron chi connectivity index (χ3n) is 3.94. The number of sulfonamides is 1. The molecule has 1 aromatic rings. The van der Waals surface area contributed by atoms with E-state index in [1.54, 1.807) is 0 Å². The van der Waals surface area contributed by atoms with E-state index in [9.17, 15) is 13.2 Å². The summed E-state index contributed by atoms with van der Waals surface area (Å²) < 4.78 is 37.5. The number of carboxylic acids is 1. The molecular formula is C14H17NO6S. The second kappa shape index (κ2) is 5.53. The molecule has 1 N–H and O–H groups in total. The lowest BCUT2D eigenvalue weighted by Crippen LogP contribution is -2.50. The van der Waals surface area contributed by atoms with Crippen LogP contribution in [0, 0.1) is 0 Å².